The van der Waals surface area contributed by atoms with Crippen molar-refractivity contribution in [3.63, 3.8) is 0 Å². The van der Waals surface area contributed by atoms with E-state index >= 15 is 0 Å². The van der Waals surface area contributed by atoms with E-state index in [0.29, 0.717) is 12.5 Å². The van der Waals surface area contributed by atoms with Gasteiger partial charge in [-0.2, -0.15) is 0 Å². The second-order valence-electron chi connectivity index (χ2n) is 5.29. The molecule has 1 unspecified atom stereocenters. The summed E-state index contributed by atoms with van der Waals surface area (Å²) in [5, 5.41) is 2.89. The van der Waals surface area contributed by atoms with Crippen LogP contribution in [0.1, 0.15) is 30.3 Å². The van der Waals surface area contributed by atoms with Crippen molar-refractivity contribution < 1.29 is 13.6 Å². The first-order valence-corrected chi connectivity index (χ1v) is 6.42. The molecule has 1 atom stereocenters. The van der Waals surface area contributed by atoms with Crippen LogP contribution in [0.3, 0.4) is 0 Å². The molecule has 0 spiro atoms. The third kappa shape index (κ3) is 3.12. The number of nitrogens with one attached hydrogen (secondary N) is 1. The highest BCUT2D eigenvalue weighted by Crippen LogP contribution is 2.39. The van der Waals surface area contributed by atoms with Gasteiger partial charge in [-0.3, -0.25) is 4.79 Å². The lowest BCUT2D eigenvalue weighted by atomic mass is 9.96. The zero-order valence-corrected chi connectivity index (χ0v) is 10.9. The van der Waals surface area contributed by atoms with Crippen molar-refractivity contribution in [2.24, 2.45) is 11.7 Å². The van der Waals surface area contributed by atoms with Gasteiger partial charge in [0.25, 0.3) is 12.3 Å². The molecule has 1 aliphatic rings. The molecular weight excluding hydrogens is 252 g/mol. The zero-order valence-electron chi connectivity index (χ0n) is 10.9. The van der Waals surface area contributed by atoms with Crippen molar-refractivity contribution >= 4 is 5.91 Å². The second kappa shape index (κ2) is 5.28. The lowest BCUT2D eigenvalue weighted by Gasteiger charge is -2.29. The molecule has 2 rings (SSSR count). The maximum absolute atomic E-state index is 12.4. The summed E-state index contributed by atoms with van der Waals surface area (Å²) in [5.41, 5.74) is 5.53. The molecule has 0 saturated heterocycles. The molecule has 0 bridgehead atoms. The number of carbonyl (C=O) groups is 1. The Labute approximate surface area is 111 Å². The van der Waals surface area contributed by atoms with Gasteiger partial charge in [0, 0.05) is 12.7 Å². The van der Waals surface area contributed by atoms with E-state index in [1.807, 2.05) is 6.92 Å². The summed E-state index contributed by atoms with van der Waals surface area (Å²) < 4.78 is 26.1. The molecular formula is C13H19F2N3O. The van der Waals surface area contributed by atoms with Crippen LogP contribution in [0, 0.1) is 5.92 Å². The maximum Gasteiger partial charge on any atom is 0.268 e. The van der Waals surface area contributed by atoms with Crippen LogP contribution < -0.4 is 11.1 Å². The molecule has 1 aromatic rings. The summed E-state index contributed by atoms with van der Waals surface area (Å²) in [6.07, 6.45) is 1.10. The van der Waals surface area contributed by atoms with E-state index in [-0.39, 0.29) is 11.6 Å². The predicted octanol–water partition coefficient (Wildman–Crippen LogP) is 1.61. The van der Waals surface area contributed by atoms with E-state index in [9.17, 15) is 13.6 Å². The number of amides is 1. The number of rotatable bonds is 6. The summed E-state index contributed by atoms with van der Waals surface area (Å²) in [6, 6.07) is 3.13. The van der Waals surface area contributed by atoms with Gasteiger partial charge < -0.3 is 15.6 Å². The van der Waals surface area contributed by atoms with Crippen LogP contribution in [0.15, 0.2) is 18.3 Å². The minimum Gasteiger partial charge on any atom is -0.344 e. The molecule has 1 fully saturated rings. The van der Waals surface area contributed by atoms with Crippen LogP contribution in [-0.4, -0.2) is 29.0 Å². The van der Waals surface area contributed by atoms with E-state index in [1.165, 1.54) is 10.8 Å². The normalized spacial score (nSPS) is 18.4. The van der Waals surface area contributed by atoms with E-state index in [4.69, 9.17) is 5.73 Å². The van der Waals surface area contributed by atoms with E-state index in [1.54, 1.807) is 12.1 Å². The summed E-state index contributed by atoms with van der Waals surface area (Å²) in [6.45, 7) is 1.78. The Hall–Kier alpha value is -1.43. The summed E-state index contributed by atoms with van der Waals surface area (Å²) in [5.74, 6) is 0.0467. The fourth-order valence-electron chi connectivity index (χ4n) is 2.29. The van der Waals surface area contributed by atoms with E-state index in [0.717, 1.165) is 12.8 Å². The van der Waals surface area contributed by atoms with Crippen molar-refractivity contribution in [1.29, 1.82) is 0 Å². The van der Waals surface area contributed by atoms with Crippen molar-refractivity contribution in [2.75, 3.05) is 6.54 Å². The highest BCUT2D eigenvalue weighted by molar-refractivity contribution is 5.93. The summed E-state index contributed by atoms with van der Waals surface area (Å²) in [4.78, 5) is 12.2. The predicted molar refractivity (Wildman–Crippen MR) is 68.1 cm³/mol. The molecule has 0 aromatic carbocycles. The average Bonchev–Trinajstić information content (AvgIpc) is 3.10. The van der Waals surface area contributed by atoms with Crippen molar-refractivity contribution in [1.82, 2.24) is 9.88 Å². The molecule has 4 nitrogen and oxygen atoms in total. The lowest BCUT2D eigenvalue weighted by Crippen LogP contribution is -2.53. The van der Waals surface area contributed by atoms with Gasteiger partial charge in [-0.1, -0.05) is 0 Å². The number of nitrogens with zero attached hydrogens (tertiary/aromatic N) is 1. The van der Waals surface area contributed by atoms with Crippen LogP contribution in [0.2, 0.25) is 0 Å². The number of aromatic nitrogens is 1. The van der Waals surface area contributed by atoms with Crippen molar-refractivity contribution in [3.8, 4) is 0 Å². The maximum atomic E-state index is 12.4. The first-order chi connectivity index (χ1) is 8.96. The SMILES string of the molecule is CC(CN)(NC(=O)c1cccn1CC(F)F)C1CC1. The smallest absolute Gasteiger partial charge is 0.268 e. The monoisotopic (exact) mass is 271 g/mol. The first kappa shape index (κ1) is 14.0. The molecule has 1 aromatic heterocycles. The molecule has 19 heavy (non-hydrogen) atoms. The lowest BCUT2D eigenvalue weighted by molar-refractivity contribution is 0.0876. The molecule has 1 aliphatic carbocycles. The number of halogens is 2. The largest absolute Gasteiger partial charge is 0.344 e. The van der Waals surface area contributed by atoms with Gasteiger partial charge in [0.2, 0.25) is 0 Å². The molecule has 1 heterocycles. The van der Waals surface area contributed by atoms with Crippen LogP contribution in [0.4, 0.5) is 8.78 Å². The van der Waals surface area contributed by atoms with Crippen LogP contribution in [-0.2, 0) is 6.54 Å². The quantitative estimate of drug-likeness (QED) is 0.825. The van der Waals surface area contributed by atoms with Gasteiger partial charge in [-0.05, 0) is 37.8 Å². The first-order valence-electron chi connectivity index (χ1n) is 6.42. The van der Waals surface area contributed by atoms with Gasteiger partial charge in [0.1, 0.15) is 5.69 Å². The van der Waals surface area contributed by atoms with E-state index < -0.39 is 18.5 Å². The highest BCUT2D eigenvalue weighted by atomic mass is 19.3. The third-order valence-electron chi connectivity index (χ3n) is 3.70. The average molecular weight is 271 g/mol. The standard InChI is InChI=1S/C13H19F2N3O/c1-13(8-16,9-4-5-9)17-12(19)10-3-2-6-18(10)7-11(14)15/h2-3,6,9,11H,4-5,7-8,16H2,1H3,(H,17,19). The third-order valence-corrected chi connectivity index (χ3v) is 3.70. The minimum absolute atomic E-state index is 0.251. The fourth-order valence-corrected chi connectivity index (χ4v) is 2.29. The molecule has 1 saturated carbocycles. The highest BCUT2D eigenvalue weighted by Gasteiger charge is 2.41. The van der Waals surface area contributed by atoms with Crippen LogP contribution in [0.25, 0.3) is 0 Å². The fraction of sp³-hybridized carbons (Fsp3) is 0.615. The molecule has 1 amide bonds. The number of alkyl halides is 2. The Bertz CT molecular complexity index is 456. The Morgan fingerprint density at radius 2 is 2.32 bits per heavy atom. The molecule has 0 radical (unpaired) electrons. The Balaban J connectivity index is 2.09. The van der Waals surface area contributed by atoms with Crippen molar-refractivity contribution in [2.45, 2.75) is 38.3 Å². The van der Waals surface area contributed by atoms with Crippen molar-refractivity contribution in [3.05, 3.63) is 24.0 Å². The Morgan fingerprint density at radius 1 is 1.63 bits per heavy atom. The number of hydrogen-bond donors (Lipinski definition) is 2. The van der Waals surface area contributed by atoms with Gasteiger partial charge in [-0.25, -0.2) is 8.78 Å². The minimum atomic E-state index is -2.48. The number of hydrogen-bond acceptors (Lipinski definition) is 2. The Morgan fingerprint density at radius 3 is 2.84 bits per heavy atom. The summed E-state index contributed by atoms with van der Waals surface area (Å²) in [7, 11) is 0. The van der Waals surface area contributed by atoms with Gasteiger partial charge in [0.15, 0.2) is 0 Å². The van der Waals surface area contributed by atoms with E-state index in [2.05, 4.69) is 5.32 Å². The van der Waals surface area contributed by atoms with Gasteiger partial charge >= 0.3 is 0 Å². The van der Waals surface area contributed by atoms with Gasteiger partial charge in [-0.15, -0.1) is 0 Å². The number of carbonyl (C=O) groups excluding carboxylic acids is 1. The zero-order chi connectivity index (χ0) is 14.0. The Kier molecular flexibility index (Phi) is 3.89. The molecule has 106 valence electrons. The summed E-state index contributed by atoms with van der Waals surface area (Å²) >= 11 is 0. The molecule has 3 N–H and O–H groups in total. The topological polar surface area (TPSA) is 60.0 Å². The number of nitrogens with two attached hydrogens (primary N) is 1. The molecule has 6 heteroatoms. The second-order valence-corrected chi connectivity index (χ2v) is 5.29. The molecule has 0 aliphatic heterocycles. The van der Waals surface area contributed by atoms with Gasteiger partial charge in [0.05, 0.1) is 12.1 Å². The van der Waals surface area contributed by atoms with Crippen LogP contribution in [0.5, 0.6) is 0 Å². The van der Waals surface area contributed by atoms with Crippen LogP contribution >= 0.6 is 0 Å².